The van der Waals surface area contributed by atoms with E-state index in [2.05, 4.69) is 11.3 Å². The molecule has 0 spiro atoms. The SMILES string of the molecule is CPN1CC2COCC2C1. The van der Waals surface area contributed by atoms with E-state index in [-0.39, 0.29) is 0 Å². The molecule has 2 aliphatic heterocycles. The van der Waals surface area contributed by atoms with Crippen LogP contribution in [0.25, 0.3) is 0 Å². The van der Waals surface area contributed by atoms with Gasteiger partial charge in [-0.05, 0) is 6.66 Å². The highest BCUT2D eigenvalue weighted by Crippen LogP contribution is 2.33. The Kier molecular flexibility index (Phi) is 1.94. The molecule has 3 unspecified atom stereocenters. The Bertz CT molecular complexity index is 119. The van der Waals surface area contributed by atoms with Crippen molar-refractivity contribution in [1.82, 2.24) is 4.67 Å². The second-order valence-corrected chi connectivity index (χ2v) is 4.27. The fourth-order valence-corrected chi connectivity index (χ4v) is 2.70. The summed E-state index contributed by atoms with van der Waals surface area (Å²) >= 11 is 0. The molecule has 0 aliphatic carbocycles. The van der Waals surface area contributed by atoms with Gasteiger partial charge in [0.2, 0.25) is 0 Å². The summed E-state index contributed by atoms with van der Waals surface area (Å²) in [7, 11) is 0.998. The summed E-state index contributed by atoms with van der Waals surface area (Å²) in [5, 5.41) is 0. The normalized spacial score (nSPS) is 41.7. The van der Waals surface area contributed by atoms with Gasteiger partial charge in [-0.3, -0.25) is 4.67 Å². The molecule has 3 heteroatoms. The lowest BCUT2D eigenvalue weighted by atomic mass is 10.0. The van der Waals surface area contributed by atoms with Gasteiger partial charge >= 0.3 is 0 Å². The Morgan fingerprint density at radius 2 is 1.90 bits per heavy atom. The van der Waals surface area contributed by atoms with Gasteiger partial charge in [-0.2, -0.15) is 0 Å². The molecular formula is C7H14NOP. The van der Waals surface area contributed by atoms with Gasteiger partial charge < -0.3 is 4.74 Å². The summed E-state index contributed by atoms with van der Waals surface area (Å²) < 4.78 is 7.93. The van der Waals surface area contributed by atoms with Crippen molar-refractivity contribution in [3.8, 4) is 0 Å². The van der Waals surface area contributed by atoms with Gasteiger partial charge in [-0.15, -0.1) is 0 Å². The van der Waals surface area contributed by atoms with E-state index < -0.39 is 0 Å². The second-order valence-electron chi connectivity index (χ2n) is 3.19. The molecule has 2 heterocycles. The van der Waals surface area contributed by atoms with Crippen LogP contribution in [0.4, 0.5) is 0 Å². The van der Waals surface area contributed by atoms with Crippen LogP contribution in [0.3, 0.4) is 0 Å². The standard InChI is InChI=1S/C7H14NOP/c1-10-8-2-6-4-9-5-7(6)3-8/h6-7,10H,2-5H2,1H3. The van der Waals surface area contributed by atoms with E-state index >= 15 is 0 Å². The molecule has 2 nitrogen and oxygen atoms in total. The first kappa shape index (κ1) is 7.02. The molecule has 0 amide bonds. The van der Waals surface area contributed by atoms with E-state index in [1.54, 1.807) is 0 Å². The van der Waals surface area contributed by atoms with Crippen molar-refractivity contribution in [2.45, 2.75) is 0 Å². The highest BCUT2D eigenvalue weighted by molar-refractivity contribution is 7.34. The van der Waals surface area contributed by atoms with Crippen molar-refractivity contribution in [3.05, 3.63) is 0 Å². The van der Waals surface area contributed by atoms with Gasteiger partial charge in [0.05, 0.1) is 13.2 Å². The molecule has 0 bridgehead atoms. The Labute approximate surface area is 63.8 Å². The van der Waals surface area contributed by atoms with Crippen molar-refractivity contribution in [1.29, 1.82) is 0 Å². The maximum Gasteiger partial charge on any atom is 0.0510 e. The minimum absolute atomic E-state index is 0.868. The highest BCUT2D eigenvalue weighted by atomic mass is 31.1. The van der Waals surface area contributed by atoms with Crippen LogP contribution >= 0.6 is 8.73 Å². The van der Waals surface area contributed by atoms with Gasteiger partial charge in [0.25, 0.3) is 0 Å². The Morgan fingerprint density at radius 3 is 2.40 bits per heavy atom. The van der Waals surface area contributed by atoms with Crippen molar-refractivity contribution >= 4 is 8.73 Å². The van der Waals surface area contributed by atoms with Gasteiger partial charge in [0.1, 0.15) is 0 Å². The van der Waals surface area contributed by atoms with E-state index in [0.717, 1.165) is 33.8 Å². The zero-order valence-corrected chi connectivity index (χ0v) is 7.34. The molecule has 0 saturated carbocycles. The summed E-state index contributed by atoms with van der Waals surface area (Å²) in [6.07, 6.45) is 0. The number of ether oxygens (including phenoxy) is 1. The lowest BCUT2D eigenvalue weighted by Crippen LogP contribution is -2.12. The smallest absolute Gasteiger partial charge is 0.0510 e. The number of fused-ring (bicyclic) bond motifs is 1. The monoisotopic (exact) mass is 159 g/mol. The molecule has 3 atom stereocenters. The maximum absolute atomic E-state index is 5.38. The Balaban J connectivity index is 1.94. The Hall–Kier alpha value is 0.350. The van der Waals surface area contributed by atoms with Gasteiger partial charge in [-0.1, -0.05) is 8.73 Å². The fraction of sp³-hybridized carbons (Fsp3) is 1.00. The van der Waals surface area contributed by atoms with Crippen LogP contribution in [0, 0.1) is 11.8 Å². The molecule has 2 rings (SSSR count). The molecule has 2 fully saturated rings. The number of hydrogen-bond acceptors (Lipinski definition) is 2. The summed E-state index contributed by atoms with van der Waals surface area (Å²) in [5.74, 6) is 1.74. The first-order chi connectivity index (χ1) is 4.90. The van der Waals surface area contributed by atoms with Gasteiger partial charge in [-0.25, -0.2) is 0 Å². The first-order valence-electron chi connectivity index (χ1n) is 3.90. The van der Waals surface area contributed by atoms with Crippen LogP contribution in [0.2, 0.25) is 0 Å². The average Bonchev–Trinajstić information content (AvgIpc) is 2.42. The van der Waals surface area contributed by atoms with Crippen LogP contribution in [0.5, 0.6) is 0 Å². The van der Waals surface area contributed by atoms with Crippen molar-refractivity contribution in [2.24, 2.45) is 11.8 Å². The largest absolute Gasteiger partial charge is 0.381 e. The zero-order chi connectivity index (χ0) is 6.97. The van der Waals surface area contributed by atoms with Crippen LogP contribution in [-0.2, 0) is 4.74 Å². The molecule has 2 saturated heterocycles. The van der Waals surface area contributed by atoms with Crippen LogP contribution in [0.15, 0.2) is 0 Å². The van der Waals surface area contributed by atoms with E-state index in [1.165, 1.54) is 13.1 Å². The van der Waals surface area contributed by atoms with Crippen LogP contribution in [0.1, 0.15) is 0 Å². The predicted octanol–water partition coefficient (Wildman–Crippen LogP) is 0.788. The molecule has 2 aliphatic rings. The third kappa shape index (κ3) is 1.09. The topological polar surface area (TPSA) is 12.5 Å². The average molecular weight is 159 g/mol. The lowest BCUT2D eigenvalue weighted by Gasteiger charge is -2.12. The van der Waals surface area contributed by atoms with Crippen molar-refractivity contribution in [2.75, 3.05) is 33.0 Å². The summed E-state index contributed by atoms with van der Waals surface area (Å²) in [6, 6.07) is 0. The minimum atomic E-state index is 0.868. The second kappa shape index (κ2) is 2.77. The molecule has 58 valence electrons. The molecule has 10 heavy (non-hydrogen) atoms. The number of rotatable bonds is 1. The quantitative estimate of drug-likeness (QED) is 0.524. The molecule has 0 aromatic heterocycles. The van der Waals surface area contributed by atoms with E-state index in [4.69, 9.17) is 4.74 Å². The van der Waals surface area contributed by atoms with E-state index in [9.17, 15) is 0 Å². The van der Waals surface area contributed by atoms with Crippen LogP contribution in [-0.4, -0.2) is 37.6 Å². The summed E-state index contributed by atoms with van der Waals surface area (Å²) in [4.78, 5) is 0. The Morgan fingerprint density at radius 1 is 1.30 bits per heavy atom. The lowest BCUT2D eigenvalue weighted by molar-refractivity contribution is 0.168. The highest BCUT2D eigenvalue weighted by Gasteiger charge is 2.36. The van der Waals surface area contributed by atoms with Gasteiger partial charge in [0.15, 0.2) is 0 Å². The maximum atomic E-state index is 5.38. The molecule has 0 aromatic carbocycles. The fourth-order valence-electron chi connectivity index (χ4n) is 1.87. The zero-order valence-electron chi connectivity index (χ0n) is 6.34. The molecule has 0 radical (unpaired) electrons. The molecular weight excluding hydrogens is 145 g/mol. The minimum Gasteiger partial charge on any atom is -0.381 e. The van der Waals surface area contributed by atoms with Crippen molar-refractivity contribution in [3.63, 3.8) is 0 Å². The summed E-state index contributed by atoms with van der Waals surface area (Å²) in [6.45, 7) is 6.89. The van der Waals surface area contributed by atoms with Crippen LogP contribution < -0.4 is 0 Å². The first-order valence-corrected chi connectivity index (χ1v) is 5.35. The van der Waals surface area contributed by atoms with Gasteiger partial charge in [0, 0.05) is 24.9 Å². The third-order valence-corrected chi connectivity index (χ3v) is 3.55. The van der Waals surface area contributed by atoms with E-state index in [0.29, 0.717) is 0 Å². The molecule has 0 N–H and O–H groups in total. The summed E-state index contributed by atoms with van der Waals surface area (Å²) in [5.41, 5.74) is 0. The number of hydrogen-bond donors (Lipinski definition) is 0. The van der Waals surface area contributed by atoms with E-state index in [1.807, 2.05) is 0 Å². The predicted molar refractivity (Wildman–Crippen MR) is 43.6 cm³/mol. The third-order valence-electron chi connectivity index (χ3n) is 2.56. The number of nitrogens with zero attached hydrogens (tertiary/aromatic N) is 1. The molecule has 0 aromatic rings. The van der Waals surface area contributed by atoms with Crippen molar-refractivity contribution < 1.29 is 4.74 Å².